The van der Waals surface area contributed by atoms with Crippen molar-refractivity contribution in [3.63, 3.8) is 0 Å². The molecule has 0 aromatic heterocycles. The number of carbonyl (C=O) groups is 2. The Labute approximate surface area is 383 Å². The zero-order valence-corrected chi connectivity index (χ0v) is 37.1. The molecule has 7 aromatic carbocycles. The van der Waals surface area contributed by atoms with Gasteiger partial charge in [-0.25, -0.2) is 4.79 Å². The van der Waals surface area contributed by atoms with Gasteiger partial charge < -0.3 is 14.4 Å². The number of amides is 2. The summed E-state index contributed by atoms with van der Waals surface area (Å²) in [7, 11) is -8.86. The predicted molar refractivity (Wildman–Crippen MR) is 249 cm³/mol. The lowest BCUT2D eigenvalue weighted by Gasteiger charge is -2.31. The van der Waals surface area contributed by atoms with Crippen molar-refractivity contribution in [3.8, 4) is 16.9 Å². The molecule has 1 heterocycles. The second kappa shape index (κ2) is 18.4. The molecule has 1 aliphatic heterocycles. The molecule has 14 heteroatoms. The van der Waals surface area contributed by atoms with E-state index in [2.05, 4.69) is 29.6 Å². The minimum absolute atomic E-state index is 0.119. The van der Waals surface area contributed by atoms with Gasteiger partial charge in [0.2, 0.25) is 0 Å². The van der Waals surface area contributed by atoms with Gasteiger partial charge in [0.05, 0.1) is 15.4 Å². The third kappa shape index (κ3) is 9.63. The summed E-state index contributed by atoms with van der Waals surface area (Å²) in [6.07, 6.45) is 0.364. The molecule has 0 saturated heterocycles. The van der Waals surface area contributed by atoms with Crippen molar-refractivity contribution in [3.05, 3.63) is 213 Å². The van der Waals surface area contributed by atoms with Crippen molar-refractivity contribution in [2.24, 2.45) is 0 Å². The van der Waals surface area contributed by atoms with Crippen molar-refractivity contribution < 1.29 is 45.0 Å². The maximum Gasteiger partial charge on any atom is 0.411 e. The first-order valence-electron chi connectivity index (χ1n) is 21.3. The SMILES string of the molecule is O=C(Nc1cccc2c1CN(C(=O)c1c(Cc3ccc(S(=O)(=O)O)cc3)cc(Cc3ccc(S(=O)(=O)O)cc3)cc1OCc1ccccc1)CC2)OCC1c2ccccc2-c2ccccc21. The first-order chi connectivity index (χ1) is 31.8. The Kier molecular flexibility index (Phi) is 12.3. The summed E-state index contributed by atoms with van der Waals surface area (Å²) in [5, 5.41) is 2.96. The molecule has 9 rings (SSSR count). The largest absolute Gasteiger partial charge is 0.488 e. The number of nitrogens with one attached hydrogen (secondary N) is 1. The van der Waals surface area contributed by atoms with Crippen molar-refractivity contribution in [2.75, 3.05) is 18.5 Å². The number of fused-ring (bicyclic) bond motifs is 4. The molecular formula is C52H44N2O10S2. The zero-order chi connectivity index (χ0) is 46.0. The number of hydrogen-bond donors (Lipinski definition) is 3. The lowest BCUT2D eigenvalue weighted by molar-refractivity contribution is 0.0729. The molecule has 0 saturated carbocycles. The molecule has 2 amide bonds. The van der Waals surface area contributed by atoms with Crippen LogP contribution in [0.25, 0.3) is 11.1 Å². The van der Waals surface area contributed by atoms with Crippen molar-refractivity contribution in [1.82, 2.24) is 4.90 Å². The van der Waals surface area contributed by atoms with E-state index in [9.17, 15) is 30.7 Å². The van der Waals surface area contributed by atoms with Gasteiger partial charge in [-0.2, -0.15) is 16.8 Å². The Morgan fingerprint density at radius 1 is 0.636 bits per heavy atom. The van der Waals surface area contributed by atoms with Crippen LogP contribution in [0.5, 0.6) is 5.75 Å². The standard InChI is InChI=1S/C52H44N2O10S2/c55-51(54-26-25-38-11-8-16-48(46(38)31-54)53-52(56)64-33-47-44-14-6-4-12-42(44)43-13-5-7-15-45(43)47)50-39(28-35-19-23-41(24-20-35)66(60,61)62)29-37(27-34-17-21-40(22-18-34)65(57,58)59)30-49(50)63-32-36-9-2-1-3-10-36/h1-24,29-30,47H,25-28,31-33H2,(H,53,56)(H,57,58,59)(H,60,61,62). The topological polar surface area (TPSA) is 177 Å². The smallest absolute Gasteiger partial charge is 0.411 e. The Bertz CT molecular complexity index is 3150. The number of benzene rings is 7. The zero-order valence-electron chi connectivity index (χ0n) is 35.5. The highest BCUT2D eigenvalue weighted by Crippen LogP contribution is 2.44. The average Bonchev–Trinajstić information content (AvgIpc) is 3.63. The molecule has 2 aliphatic rings. The van der Waals surface area contributed by atoms with E-state index in [1.54, 1.807) is 41.3 Å². The van der Waals surface area contributed by atoms with E-state index in [4.69, 9.17) is 9.47 Å². The summed E-state index contributed by atoms with van der Waals surface area (Å²) < 4.78 is 79.0. The summed E-state index contributed by atoms with van der Waals surface area (Å²) in [6, 6.07) is 46.6. The highest BCUT2D eigenvalue weighted by atomic mass is 32.2. The van der Waals surface area contributed by atoms with Crippen molar-refractivity contribution >= 4 is 37.9 Å². The Balaban J connectivity index is 1.02. The molecule has 0 radical (unpaired) electrons. The molecule has 1 aliphatic carbocycles. The number of ether oxygens (including phenoxy) is 2. The number of rotatable bonds is 13. The van der Waals surface area contributed by atoms with Gasteiger partial charge in [0.25, 0.3) is 26.1 Å². The van der Waals surface area contributed by atoms with Crippen LogP contribution in [0.4, 0.5) is 10.5 Å². The van der Waals surface area contributed by atoms with E-state index in [0.717, 1.165) is 50.1 Å². The highest BCUT2D eigenvalue weighted by Gasteiger charge is 2.31. The predicted octanol–water partition coefficient (Wildman–Crippen LogP) is 9.50. The first-order valence-corrected chi connectivity index (χ1v) is 24.1. The third-order valence-corrected chi connectivity index (χ3v) is 13.8. The van der Waals surface area contributed by atoms with Crippen LogP contribution in [0.1, 0.15) is 66.3 Å². The van der Waals surface area contributed by atoms with E-state index in [1.165, 1.54) is 24.3 Å². The molecule has 0 fully saturated rings. The molecule has 66 heavy (non-hydrogen) atoms. The molecule has 334 valence electrons. The lowest BCUT2D eigenvalue weighted by Crippen LogP contribution is -2.37. The number of nitrogens with zero attached hydrogens (tertiary/aromatic N) is 1. The fourth-order valence-electron chi connectivity index (χ4n) is 8.86. The molecular weight excluding hydrogens is 877 g/mol. The van der Waals surface area contributed by atoms with Crippen LogP contribution in [-0.4, -0.2) is 56.0 Å². The second-order valence-electron chi connectivity index (χ2n) is 16.4. The monoisotopic (exact) mass is 920 g/mol. The van der Waals surface area contributed by atoms with Crippen molar-refractivity contribution in [2.45, 2.75) is 48.1 Å². The normalized spacial score (nSPS) is 13.3. The maximum atomic E-state index is 15.2. The van der Waals surface area contributed by atoms with Gasteiger partial charge in [0, 0.05) is 24.7 Å². The summed E-state index contributed by atoms with van der Waals surface area (Å²) in [4.78, 5) is 29.9. The minimum Gasteiger partial charge on any atom is -0.488 e. The average molecular weight is 921 g/mol. The minimum atomic E-state index is -4.46. The lowest BCUT2D eigenvalue weighted by atomic mass is 9.92. The molecule has 0 unspecified atom stereocenters. The molecule has 0 bridgehead atoms. The Morgan fingerprint density at radius 2 is 1.23 bits per heavy atom. The van der Waals surface area contributed by atoms with E-state index in [1.807, 2.05) is 72.8 Å². The number of hydrogen-bond acceptors (Lipinski definition) is 8. The van der Waals surface area contributed by atoms with Gasteiger partial charge in [0.1, 0.15) is 19.0 Å². The van der Waals surface area contributed by atoms with Gasteiger partial charge in [0.15, 0.2) is 0 Å². The highest BCUT2D eigenvalue weighted by molar-refractivity contribution is 7.86. The fraction of sp³-hybridized carbons (Fsp3) is 0.154. The number of carbonyl (C=O) groups excluding carboxylic acids is 2. The third-order valence-electron chi connectivity index (χ3n) is 12.1. The summed E-state index contributed by atoms with van der Waals surface area (Å²) in [5.41, 5.74) is 10.6. The van der Waals surface area contributed by atoms with Gasteiger partial charge in [-0.1, -0.05) is 121 Å². The summed E-state index contributed by atoms with van der Waals surface area (Å²) >= 11 is 0. The van der Waals surface area contributed by atoms with Crippen LogP contribution in [-0.2, 0) is 57.4 Å². The van der Waals surface area contributed by atoms with Crippen molar-refractivity contribution in [1.29, 1.82) is 0 Å². The van der Waals surface area contributed by atoms with Crippen LogP contribution in [0.15, 0.2) is 168 Å². The van der Waals surface area contributed by atoms with E-state index >= 15 is 4.79 Å². The van der Waals surface area contributed by atoms with Gasteiger partial charge >= 0.3 is 6.09 Å². The molecule has 3 N–H and O–H groups in total. The van der Waals surface area contributed by atoms with Gasteiger partial charge in [-0.05, 0) is 117 Å². The second-order valence-corrected chi connectivity index (χ2v) is 19.2. The van der Waals surface area contributed by atoms with E-state index < -0.39 is 26.3 Å². The Hall–Kier alpha value is -7.10. The first kappa shape index (κ1) is 44.1. The van der Waals surface area contributed by atoms with Crippen LogP contribution in [0.2, 0.25) is 0 Å². The molecule has 12 nitrogen and oxygen atoms in total. The van der Waals surface area contributed by atoms with Crippen LogP contribution >= 0.6 is 0 Å². The van der Waals surface area contributed by atoms with Crippen LogP contribution in [0.3, 0.4) is 0 Å². The molecule has 7 aromatic rings. The van der Waals surface area contributed by atoms with Gasteiger partial charge in [-0.15, -0.1) is 0 Å². The van der Waals surface area contributed by atoms with Crippen LogP contribution < -0.4 is 10.1 Å². The summed E-state index contributed by atoms with van der Waals surface area (Å²) in [5.74, 6) is -0.143. The molecule has 0 atom stereocenters. The van der Waals surface area contributed by atoms with Crippen LogP contribution in [0, 0.1) is 0 Å². The Morgan fingerprint density at radius 3 is 1.85 bits per heavy atom. The van der Waals surface area contributed by atoms with E-state index in [-0.39, 0.29) is 47.8 Å². The van der Waals surface area contributed by atoms with E-state index in [0.29, 0.717) is 47.5 Å². The number of anilines is 1. The fourth-order valence-corrected chi connectivity index (χ4v) is 9.82. The summed E-state index contributed by atoms with van der Waals surface area (Å²) in [6.45, 7) is 0.796. The maximum absolute atomic E-state index is 15.2. The quantitative estimate of drug-likeness (QED) is 0.0945. The molecule has 0 spiro atoms. The van der Waals surface area contributed by atoms with Gasteiger partial charge in [-0.3, -0.25) is 19.2 Å².